The summed E-state index contributed by atoms with van der Waals surface area (Å²) in [4.78, 5) is 37.5. The summed E-state index contributed by atoms with van der Waals surface area (Å²) in [6.45, 7) is 1.83. The van der Waals surface area contributed by atoms with Crippen molar-refractivity contribution < 1.29 is 19.6 Å². The Hall–Kier alpha value is -2.81. The number of nitro groups is 1. The Bertz CT molecular complexity index is 757. The van der Waals surface area contributed by atoms with Crippen LogP contribution in [0.25, 0.3) is 10.6 Å². The lowest BCUT2D eigenvalue weighted by Gasteiger charge is -2.12. The molecule has 1 unspecified atom stereocenters. The van der Waals surface area contributed by atoms with E-state index in [1.165, 1.54) is 28.8 Å². The van der Waals surface area contributed by atoms with Gasteiger partial charge in [-0.1, -0.05) is 13.3 Å². The number of carbonyl (C=O) groups is 2. The molecule has 0 saturated heterocycles. The van der Waals surface area contributed by atoms with E-state index in [0.717, 1.165) is 0 Å². The average Bonchev–Trinajstić information content (AvgIpc) is 3.04. The number of rotatable bonds is 7. The number of carbonyl (C=O) groups excluding carboxylic acids is 1. The Kier molecular flexibility index (Phi) is 5.59. The molecule has 9 heteroatoms. The zero-order valence-electron chi connectivity index (χ0n) is 12.8. The van der Waals surface area contributed by atoms with Gasteiger partial charge in [0.05, 0.1) is 4.92 Å². The second kappa shape index (κ2) is 7.64. The average molecular weight is 349 g/mol. The Morgan fingerprint density at radius 2 is 2.04 bits per heavy atom. The largest absolute Gasteiger partial charge is 0.480 e. The zero-order chi connectivity index (χ0) is 17.7. The third-order valence-electron chi connectivity index (χ3n) is 3.24. The van der Waals surface area contributed by atoms with Crippen LogP contribution in [-0.4, -0.2) is 32.9 Å². The first-order valence-electron chi connectivity index (χ1n) is 7.16. The minimum atomic E-state index is -1.09. The van der Waals surface area contributed by atoms with Gasteiger partial charge in [0.25, 0.3) is 11.6 Å². The molecule has 1 aromatic heterocycles. The predicted molar refractivity (Wildman–Crippen MR) is 88.0 cm³/mol. The molecule has 0 fully saturated rings. The second-order valence-electron chi connectivity index (χ2n) is 4.99. The number of carboxylic acid groups (broad SMARTS) is 1. The van der Waals surface area contributed by atoms with Gasteiger partial charge in [-0.3, -0.25) is 14.9 Å². The second-order valence-corrected chi connectivity index (χ2v) is 5.85. The van der Waals surface area contributed by atoms with Crippen LogP contribution in [-0.2, 0) is 4.79 Å². The lowest BCUT2D eigenvalue weighted by molar-refractivity contribution is -0.384. The molecule has 1 heterocycles. The molecule has 126 valence electrons. The highest BCUT2D eigenvalue weighted by atomic mass is 32.1. The normalized spacial score (nSPS) is 11.7. The Morgan fingerprint density at radius 1 is 1.38 bits per heavy atom. The zero-order valence-corrected chi connectivity index (χ0v) is 13.6. The maximum Gasteiger partial charge on any atom is 0.326 e. The van der Waals surface area contributed by atoms with E-state index >= 15 is 0 Å². The minimum Gasteiger partial charge on any atom is -0.480 e. The predicted octanol–water partition coefficient (Wildman–Crippen LogP) is 2.70. The molecule has 0 aliphatic rings. The summed E-state index contributed by atoms with van der Waals surface area (Å²) in [7, 11) is 0. The molecule has 24 heavy (non-hydrogen) atoms. The van der Waals surface area contributed by atoms with Gasteiger partial charge in [-0.05, 0) is 18.6 Å². The summed E-state index contributed by atoms with van der Waals surface area (Å²) in [5.74, 6) is -1.64. The van der Waals surface area contributed by atoms with Crippen molar-refractivity contribution >= 4 is 28.9 Å². The molecule has 0 aliphatic heterocycles. The molecule has 0 aliphatic carbocycles. The van der Waals surface area contributed by atoms with E-state index in [1.54, 1.807) is 12.1 Å². The van der Waals surface area contributed by atoms with Gasteiger partial charge in [0.15, 0.2) is 0 Å². The molecule has 2 N–H and O–H groups in total. The van der Waals surface area contributed by atoms with Gasteiger partial charge in [0, 0.05) is 23.1 Å². The number of nitrogens with one attached hydrogen (secondary N) is 1. The van der Waals surface area contributed by atoms with Crippen molar-refractivity contribution in [1.29, 1.82) is 0 Å². The number of carboxylic acids is 1. The van der Waals surface area contributed by atoms with Gasteiger partial charge in [-0.25, -0.2) is 9.78 Å². The van der Waals surface area contributed by atoms with E-state index in [9.17, 15) is 19.7 Å². The number of thiazole rings is 1. The van der Waals surface area contributed by atoms with Crippen molar-refractivity contribution in [3.8, 4) is 10.6 Å². The van der Waals surface area contributed by atoms with Crippen molar-refractivity contribution in [3.05, 3.63) is 45.5 Å². The monoisotopic (exact) mass is 349 g/mol. The molecule has 2 rings (SSSR count). The summed E-state index contributed by atoms with van der Waals surface area (Å²) in [5.41, 5.74) is 0.737. The summed E-state index contributed by atoms with van der Waals surface area (Å²) < 4.78 is 0. The third kappa shape index (κ3) is 4.13. The Morgan fingerprint density at radius 3 is 2.58 bits per heavy atom. The number of hydrogen-bond acceptors (Lipinski definition) is 6. The van der Waals surface area contributed by atoms with Crippen LogP contribution in [0.15, 0.2) is 29.6 Å². The van der Waals surface area contributed by atoms with Crippen LogP contribution >= 0.6 is 11.3 Å². The van der Waals surface area contributed by atoms with E-state index in [-0.39, 0.29) is 11.4 Å². The van der Waals surface area contributed by atoms with E-state index in [1.807, 2.05) is 6.92 Å². The van der Waals surface area contributed by atoms with Crippen LogP contribution in [0.3, 0.4) is 0 Å². The fraction of sp³-hybridized carbons (Fsp3) is 0.267. The van der Waals surface area contributed by atoms with Gasteiger partial charge < -0.3 is 10.4 Å². The highest BCUT2D eigenvalue weighted by Crippen LogP contribution is 2.25. The lowest BCUT2D eigenvalue weighted by Crippen LogP contribution is -2.40. The van der Waals surface area contributed by atoms with Crippen molar-refractivity contribution in [2.75, 3.05) is 0 Å². The molecule has 0 spiro atoms. The summed E-state index contributed by atoms with van der Waals surface area (Å²) in [6, 6.07) is 4.87. The summed E-state index contributed by atoms with van der Waals surface area (Å²) >= 11 is 1.20. The number of hydrogen-bond donors (Lipinski definition) is 2. The number of non-ortho nitro benzene ring substituents is 1. The SMILES string of the molecule is CCCC(NC(=O)c1csc(-c2ccc([N+](=O)[O-])cc2)n1)C(=O)O. The molecule has 2 aromatic rings. The molecule has 8 nitrogen and oxygen atoms in total. The van der Waals surface area contributed by atoms with Crippen LogP contribution in [0.2, 0.25) is 0 Å². The molecule has 0 bridgehead atoms. The van der Waals surface area contributed by atoms with Crippen LogP contribution < -0.4 is 5.32 Å². The van der Waals surface area contributed by atoms with Crippen molar-refractivity contribution in [1.82, 2.24) is 10.3 Å². The van der Waals surface area contributed by atoms with Gasteiger partial charge in [-0.2, -0.15) is 0 Å². The first kappa shape index (κ1) is 17.5. The smallest absolute Gasteiger partial charge is 0.326 e. The topological polar surface area (TPSA) is 122 Å². The van der Waals surface area contributed by atoms with Crippen molar-refractivity contribution in [2.45, 2.75) is 25.8 Å². The number of nitrogens with zero attached hydrogens (tertiary/aromatic N) is 2. The number of amides is 1. The number of aromatic nitrogens is 1. The van der Waals surface area contributed by atoms with Crippen LogP contribution in [0.5, 0.6) is 0 Å². The van der Waals surface area contributed by atoms with Gasteiger partial charge >= 0.3 is 5.97 Å². The summed E-state index contributed by atoms with van der Waals surface area (Å²) in [5, 5.41) is 24.2. The lowest BCUT2D eigenvalue weighted by atomic mass is 10.1. The molecular weight excluding hydrogens is 334 g/mol. The quantitative estimate of drug-likeness (QED) is 0.585. The van der Waals surface area contributed by atoms with Crippen molar-refractivity contribution in [3.63, 3.8) is 0 Å². The molecule has 0 radical (unpaired) electrons. The van der Waals surface area contributed by atoms with Gasteiger partial charge in [0.1, 0.15) is 16.7 Å². The minimum absolute atomic E-state index is 0.0304. The highest BCUT2D eigenvalue weighted by molar-refractivity contribution is 7.13. The first-order valence-corrected chi connectivity index (χ1v) is 8.04. The maximum atomic E-state index is 12.1. The fourth-order valence-electron chi connectivity index (χ4n) is 2.01. The Balaban J connectivity index is 2.13. The number of benzene rings is 1. The standard InChI is InChI=1S/C15H15N3O5S/c1-2-3-11(15(20)21)16-13(19)12-8-24-14(17-12)9-4-6-10(7-5-9)18(22)23/h4-8,11H,2-3H2,1H3,(H,16,19)(H,20,21). The number of nitro benzene ring substituents is 1. The highest BCUT2D eigenvalue weighted by Gasteiger charge is 2.21. The third-order valence-corrected chi connectivity index (χ3v) is 4.13. The van der Waals surface area contributed by atoms with Crippen LogP contribution in [0, 0.1) is 10.1 Å². The molecular formula is C15H15N3O5S. The fourth-order valence-corrected chi connectivity index (χ4v) is 2.82. The Labute approximate surface area is 141 Å². The molecule has 0 saturated carbocycles. The van der Waals surface area contributed by atoms with E-state index in [2.05, 4.69) is 10.3 Å². The maximum absolute atomic E-state index is 12.1. The van der Waals surface area contributed by atoms with E-state index in [0.29, 0.717) is 23.4 Å². The summed E-state index contributed by atoms with van der Waals surface area (Å²) in [6.07, 6.45) is 0.961. The van der Waals surface area contributed by atoms with E-state index < -0.39 is 22.8 Å². The van der Waals surface area contributed by atoms with Crippen molar-refractivity contribution in [2.24, 2.45) is 0 Å². The molecule has 1 atom stereocenters. The van der Waals surface area contributed by atoms with Crippen LogP contribution in [0.4, 0.5) is 5.69 Å². The molecule has 1 aromatic carbocycles. The van der Waals surface area contributed by atoms with Crippen LogP contribution in [0.1, 0.15) is 30.3 Å². The van der Waals surface area contributed by atoms with Gasteiger partial charge in [-0.15, -0.1) is 11.3 Å². The van der Waals surface area contributed by atoms with Gasteiger partial charge in [0.2, 0.25) is 0 Å². The van der Waals surface area contributed by atoms with E-state index in [4.69, 9.17) is 5.11 Å². The first-order chi connectivity index (χ1) is 11.4. The number of aliphatic carboxylic acids is 1. The molecule has 1 amide bonds.